The summed E-state index contributed by atoms with van der Waals surface area (Å²) < 4.78 is 29.0. The van der Waals surface area contributed by atoms with Gasteiger partial charge in [-0.15, -0.1) is 0 Å². The number of anilines is 2. The topological polar surface area (TPSA) is 75.3 Å². The second-order valence-corrected chi connectivity index (χ2v) is 9.85. The van der Waals surface area contributed by atoms with Crippen molar-refractivity contribution in [1.82, 2.24) is 0 Å². The molecule has 0 aliphatic carbocycles. The molecule has 30 heavy (non-hydrogen) atoms. The summed E-state index contributed by atoms with van der Waals surface area (Å²) in [6.07, 6.45) is 0. The Morgan fingerprint density at radius 1 is 0.867 bits per heavy atom. The van der Waals surface area contributed by atoms with E-state index in [2.05, 4.69) is 10.0 Å². The highest BCUT2D eigenvalue weighted by Crippen LogP contribution is 2.28. The maximum Gasteiger partial charge on any atom is 0.262 e. The molecule has 156 valence electrons. The summed E-state index contributed by atoms with van der Waals surface area (Å²) >= 11 is 0. The zero-order valence-electron chi connectivity index (χ0n) is 17.6. The van der Waals surface area contributed by atoms with Crippen molar-refractivity contribution in [2.24, 2.45) is 0 Å². The lowest BCUT2D eigenvalue weighted by atomic mass is 9.87. The van der Waals surface area contributed by atoms with E-state index in [0.717, 1.165) is 5.56 Å². The molecule has 0 heterocycles. The molecule has 0 aliphatic rings. The van der Waals surface area contributed by atoms with Gasteiger partial charge in [-0.3, -0.25) is 9.52 Å². The van der Waals surface area contributed by atoms with Gasteiger partial charge in [-0.1, -0.05) is 63.2 Å². The number of benzene rings is 3. The molecule has 0 unspecified atom stereocenters. The molecule has 3 rings (SSSR count). The highest BCUT2D eigenvalue weighted by molar-refractivity contribution is 7.92. The second kappa shape index (κ2) is 8.32. The molecule has 0 bridgehead atoms. The molecule has 0 spiro atoms. The summed E-state index contributed by atoms with van der Waals surface area (Å²) in [5, 5.41) is 2.79. The Kier molecular flexibility index (Phi) is 5.99. The van der Waals surface area contributed by atoms with Gasteiger partial charge in [-0.05, 0) is 53.8 Å². The number of hydrogen-bond donors (Lipinski definition) is 2. The Morgan fingerprint density at radius 2 is 1.50 bits per heavy atom. The Labute approximate surface area is 178 Å². The van der Waals surface area contributed by atoms with Crippen LogP contribution in [0.15, 0.2) is 77.7 Å². The first kappa shape index (κ1) is 21.6. The van der Waals surface area contributed by atoms with Crippen LogP contribution in [0.5, 0.6) is 0 Å². The standard InChI is InChI=1S/C24H26N2O3S/c1-17-14-15-18(24(2,3)4)16-22(17)30(28,29)26-21-13-9-8-12-20(21)23(27)25-19-10-6-5-7-11-19/h5-16,26H,1-4H3,(H,25,27). The van der Waals surface area contributed by atoms with Crippen LogP contribution in [0, 0.1) is 6.92 Å². The van der Waals surface area contributed by atoms with E-state index in [4.69, 9.17) is 0 Å². The van der Waals surface area contributed by atoms with Crippen molar-refractivity contribution in [1.29, 1.82) is 0 Å². The van der Waals surface area contributed by atoms with Gasteiger partial charge in [0, 0.05) is 5.69 Å². The van der Waals surface area contributed by atoms with E-state index in [9.17, 15) is 13.2 Å². The van der Waals surface area contributed by atoms with Crippen molar-refractivity contribution in [3.05, 3.63) is 89.5 Å². The van der Waals surface area contributed by atoms with Gasteiger partial charge in [0.05, 0.1) is 16.1 Å². The van der Waals surface area contributed by atoms with Crippen LogP contribution >= 0.6 is 0 Å². The molecule has 2 N–H and O–H groups in total. The molecule has 0 atom stereocenters. The van der Waals surface area contributed by atoms with Gasteiger partial charge in [0.25, 0.3) is 15.9 Å². The minimum atomic E-state index is -3.89. The van der Waals surface area contributed by atoms with Crippen molar-refractivity contribution < 1.29 is 13.2 Å². The molecule has 6 heteroatoms. The van der Waals surface area contributed by atoms with E-state index in [1.54, 1.807) is 49.4 Å². The highest BCUT2D eigenvalue weighted by atomic mass is 32.2. The molecule has 0 saturated carbocycles. The lowest BCUT2D eigenvalue weighted by Gasteiger charge is -2.21. The van der Waals surface area contributed by atoms with Crippen LogP contribution in [0.1, 0.15) is 42.3 Å². The number of para-hydroxylation sites is 2. The maximum atomic E-state index is 13.2. The molecule has 0 aromatic heterocycles. The molecule has 3 aromatic rings. The Hall–Kier alpha value is -3.12. The van der Waals surface area contributed by atoms with Crippen LogP contribution in [0.4, 0.5) is 11.4 Å². The smallest absolute Gasteiger partial charge is 0.262 e. The molecule has 5 nitrogen and oxygen atoms in total. The summed E-state index contributed by atoms with van der Waals surface area (Å²) in [6, 6.07) is 21.0. The molecule has 0 saturated heterocycles. The summed E-state index contributed by atoms with van der Waals surface area (Å²) in [5.41, 5.74) is 2.48. The van der Waals surface area contributed by atoms with Crippen molar-refractivity contribution in [3.8, 4) is 0 Å². The van der Waals surface area contributed by atoms with Gasteiger partial charge >= 0.3 is 0 Å². The average Bonchev–Trinajstić information content (AvgIpc) is 2.68. The third kappa shape index (κ3) is 4.89. The number of carbonyl (C=O) groups excluding carboxylic acids is 1. The van der Waals surface area contributed by atoms with Crippen LogP contribution < -0.4 is 10.0 Å². The number of hydrogen-bond acceptors (Lipinski definition) is 3. The summed E-state index contributed by atoms with van der Waals surface area (Å²) in [5.74, 6) is -0.389. The number of carbonyl (C=O) groups is 1. The van der Waals surface area contributed by atoms with Crippen LogP contribution in [-0.4, -0.2) is 14.3 Å². The van der Waals surface area contributed by atoms with Crippen LogP contribution in [-0.2, 0) is 15.4 Å². The Bertz CT molecular complexity index is 1160. The fourth-order valence-corrected chi connectivity index (χ4v) is 4.40. The van der Waals surface area contributed by atoms with E-state index >= 15 is 0 Å². The van der Waals surface area contributed by atoms with Crippen LogP contribution in [0.3, 0.4) is 0 Å². The van der Waals surface area contributed by atoms with Crippen molar-refractivity contribution >= 4 is 27.3 Å². The minimum Gasteiger partial charge on any atom is -0.322 e. The van der Waals surface area contributed by atoms with Crippen molar-refractivity contribution in [2.75, 3.05) is 10.0 Å². The first-order chi connectivity index (χ1) is 14.1. The number of nitrogens with one attached hydrogen (secondary N) is 2. The lowest BCUT2D eigenvalue weighted by molar-refractivity contribution is 0.102. The fourth-order valence-electron chi connectivity index (χ4n) is 3.05. The molecular weight excluding hydrogens is 396 g/mol. The fraction of sp³-hybridized carbons (Fsp3) is 0.208. The van der Waals surface area contributed by atoms with Gasteiger partial charge in [-0.2, -0.15) is 0 Å². The van der Waals surface area contributed by atoms with Crippen molar-refractivity contribution in [2.45, 2.75) is 38.0 Å². The Balaban J connectivity index is 1.94. The normalized spacial score (nSPS) is 11.7. The molecule has 0 fully saturated rings. The molecule has 3 aromatic carbocycles. The van der Waals surface area contributed by atoms with E-state index in [0.29, 0.717) is 11.3 Å². The van der Waals surface area contributed by atoms with Gasteiger partial charge < -0.3 is 5.32 Å². The lowest BCUT2D eigenvalue weighted by Crippen LogP contribution is -2.20. The number of amides is 1. The van der Waals surface area contributed by atoms with E-state index in [1.807, 2.05) is 51.1 Å². The first-order valence-corrected chi connectivity index (χ1v) is 11.2. The number of sulfonamides is 1. The zero-order chi connectivity index (χ0) is 21.9. The van der Waals surface area contributed by atoms with Crippen LogP contribution in [0.25, 0.3) is 0 Å². The summed E-state index contributed by atoms with van der Waals surface area (Å²) in [4.78, 5) is 13.0. The SMILES string of the molecule is Cc1ccc(C(C)(C)C)cc1S(=O)(=O)Nc1ccccc1C(=O)Nc1ccccc1. The molecule has 1 amide bonds. The maximum absolute atomic E-state index is 13.2. The summed E-state index contributed by atoms with van der Waals surface area (Å²) in [7, 11) is -3.89. The highest BCUT2D eigenvalue weighted by Gasteiger charge is 2.23. The van der Waals surface area contributed by atoms with Crippen molar-refractivity contribution in [3.63, 3.8) is 0 Å². The minimum absolute atomic E-state index is 0.189. The van der Waals surface area contributed by atoms with E-state index in [-0.39, 0.29) is 27.5 Å². The number of aryl methyl sites for hydroxylation is 1. The van der Waals surface area contributed by atoms with Gasteiger partial charge in [0.15, 0.2) is 0 Å². The quantitative estimate of drug-likeness (QED) is 0.582. The van der Waals surface area contributed by atoms with Gasteiger partial charge in [-0.25, -0.2) is 8.42 Å². The summed E-state index contributed by atoms with van der Waals surface area (Å²) in [6.45, 7) is 7.86. The van der Waals surface area contributed by atoms with Gasteiger partial charge in [0.2, 0.25) is 0 Å². The third-order valence-corrected chi connectivity index (χ3v) is 6.30. The second-order valence-electron chi connectivity index (χ2n) is 8.20. The first-order valence-electron chi connectivity index (χ1n) is 9.67. The van der Waals surface area contributed by atoms with E-state index in [1.165, 1.54) is 0 Å². The van der Waals surface area contributed by atoms with Gasteiger partial charge in [0.1, 0.15) is 0 Å². The largest absolute Gasteiger partial charge is 0.322 e. The average molecular weight is 423 g/mol. The molecule has 0 aliphatic heterocycles. The monoisotopic (exact) mass is 422 g/mol. The Morgan fingerprint density at radius 3 is 2.17 bits per heavy atom. The predicted octanol–water partition coefficient (Wildman–Crippen LogP) is 5.35. The number of rotatable bonds is 5. The van der Waals surface area contributed by atoms with E-state index < -0.39 is 10.0 Å². The predicted molar refractivity (Wildman–Crippen MR) is 122 cm³/mol. The zero-order valence-corrected chi connectivity index (χ0v) is 18.4. The molecular formula is C24H26N2O3S. The molecule has 0 radical (unpaired) electrons. The third-order valence-electron chi connectivity index (χ3n) is 4.79. The van der Waals surface area contributed by atoms with Crippen LogP contribution in [0.2, 0.25) is 0 Å².